The highest BCUT2D eigenvalue weighted by Crippen LogP contribution is 2.15. The number of rotatable bonds is 8. The Labute approximate surface area is 151 Å². The van der Waals surface area contributed by atoms with Crippen molar-refractivity contribution in [1.82, 2.24) is 5.16 Å². The van der Waals surface area contributed by atoms with Crippen LogP contribution in [0.1, 0.15) is 47.1 Å². The van der Waals surface area contributed by atoms with Gasteiger partial charge < -0.3 is 14.6 Å². The normalized spacial score (nSPS) is 10.4. The van der Waals surface area contributed by atoms with Gasteiger partial charge in [-0.25, -0.2) is 0 Å². The predicted molar refractivity (Wildman–Crippen MR) is 95.0 cm³/mol. The van der Waals surface area contributed by atoms with Crippen molar-refractivity contribution in [2.75, 3.05) is 11.9 Å². The number of ether oxygens (including phenoxy) is 1. The van der Waals surface area contributed by atoms with E-state index in [1.165, 1.54) is 0 Å². The second kappa shape index (κ2) is 8.94. The molecule has 7 heteroatoms. The van der Waals surface area contributed by atoms with Gasteiger partial charge in [-0.2, -0.15) is 0 Å². The van der Waals surface area contributed by atoms with Gasteiger partial charge in [-0.15, -0.1) is 0 Å². The average Bonchev–Trinajstić information content (AvgIpc) is 2.96. The Hall–Kier alpha value is -2.96. The van der Waals surface area contributed by atoms with Crippen LogP contribution in [0.3, 0.4) is 0 Å². The predicted octanol–water partition coefficient (Wildman–Crippen LogP) is 3.00. The van der Waals surface area contributed by atoms with E-state index >= 15 is 0 Å². The van der Waals surface area contributed by atoms with E-state index in [0.717, 1.165) is 11.3 Å². The minimum Gasteiger partial charge on any atom is -0.457 e. The zero-order chi connectivity index (χ0) is 19.1. The number of benzene rings is 1. The number of esters is 1. The van der Waals surface area contributed by atoms with Crippen molar-refractivity contribution < 1.29 is 23.6 Å². The monoisotopic (exact) mass is 358 g/mol. The van der Waals surface area contributed by atoms with E-state index in [9.17, 15) is 14.4 Å². The fourth-order valence-corrected chi connectivity index (χ4v) is 2.38. The first kappa shape index (κ1) is 19.4. The van der Waals surface area contributed by atoms with Crippen molar-refractivity contribution in [3.63, 3.8) is 0 Å². The zero-order valence-corrected chi connectivity index (χ0v) is 15.1. The maximum absolute atomic E-state index is 12.1. The van der Waals surface area contributed by atoms with E-state index in [-0.39, 0.29) is 24.7 Å². The average molecular weight is 358 g/mol. The maximum Gasteiger partial charge on any atom is 0.306 e. The molecule has 1 N–H and O–H groups in total. The molecule has 0 bridgehead atoms. The molecular formula is C19H22N2O5. The molecule has 0 aliphatic rings. The molecule has 138 valence electrons. The molecule has 1 aromatic carbocycles. The van der Waals surface area contributed by atoms with Gasteiger partial charge in [0.2, 0.25) is 5.91 Å². The van der Waals surface area contributed by atoms with Crippen molar-refractivity contribution in [3.05, 3.63) is 46.8 Å². The van der Waals surface area contributed by atoms with Crippen molar-refractivity contribution in [2.24, 2.45) is 0 Å². The van der Waals surface area contributed by atoms with Gasteiger partial charge in [0.05, 0.1) is 5.69 Å². The molecule has 0 aliphatic carbocycles. The fraction of sp³-hybridized carbons (Fsp3) is 0.368. The van der Waals surface area contributed by atoms with E-state index in [2.05, 4.69) is 10.5 Å². The molecule has 7 nitrogen and oxygen atoms in total. The second-order valence-corrected chi connectivity index (χ2v) is 5.87. The summed E-state index contributed by atoms with van der Waals surface area (Å²) in [6.45, 7) is 5.04. The van der Waals surface area contributed by atoms with Gasteiger partial charge in [0, 0.05) is 29.7 Å². The van der Waals surface area contributed by atoms with Crippen molar-refractivity contribution in [3.8, 4) is 0 Å². The third-order valence-electron chi connectivity index (χ3n) is 3.94. The first-order valence-corrected chi connectivity index (χ1v) is 8.41. The van der Waals surface area contributed by atoms with Gasteiger partial charge in [-0.1, -0.05) is 12.1 Å². The highest BCUT2D eigenvalue weighted by atomic mass is 16.5. The molecule has 0 fully saturated rings. The van der Waals surface area contributed by atoms with E-state index in [4.69, 9.17) is 9.26 Å². The van der Waals surface area contributed by atoms with Crippen LogP contribution in [0.5, 0.6) is 0 Å². The van der Waals surface area contributed by atoms with Crippen LogP contribution in [0.25, 0.3) is 0 Å². The maximum atomic E-state index is 12.1. The molecule has 0 radical (unpaired) electrons. The Kier molecular flexibility index (Phi) is 6.66. The van der Waals surface area contributed by atoms with Crippen LogP contribution >= 0.6 is 0 Å². The lowest BCUT2D eigenvalue weighted by Crippen LogP contribution is -2.15. The summed E-state index contributed by atoms with van der Waals surface area (Å²) in [6.07, 6.45) is 0.989. The van der Waals surface area contributed by atoms with Crippen LogP contribution < -0.4 is 5.32 Å². The molecule has 0 saturated carbocycles. The molecule has 1 amide bonds. The highest BCUT2D eigenvalue weighted by Gasteiger charge is 2.14. The summed E-state index contributed by atoms with van der Waals surface area (Å²) in [5, 5.41) is 6.53. The molecule has 2 aromatic rings. The summed E-state index contributed by atoms with van der Waals surface area (Å²) < 4.78 is 10.1. The number of amides is 1. The number of hydrogen-bond acceptors (Lipinski definition) is 6. The van der Waals surface area contributed by atoms with E-state index in [1.807, 2.05) is 6.92 Å². The van der Waals surface area contributed by atoms with E-state index in [0.29, 0.717) is 29.9 Å². The van der Waals surface area contributed by atoms with E-state index in [1.54, 1.807) is 38.1 Å². The number of anilines is 1. The van der Waals surface area contributed by atoms with Crippen LogP contribution in [-0.2, 0) is 20.7 Å². The van der Waals surface area contributed by atoms with Gasteiger partial charge in [-0.3, -0.25) is 14.4 Å². The molecule has 0 spiro atoms. The summed E-state index contributed by atoms with van der Waals surface area (Å²) in [4.78, 5) is 35.2. The lowest BCUT2D eigenvalue weighted by molar-refractivity contribution is -0.142. The number of hydrogen-bond donors (Lipinski definition) is 1. The SMILES string of the molecule is CCC(=O)Nc1ccc(C(=O)COC(=O)CCc2c(C)noc2C)cc1. The lowest BCUT2D eigenvalue weighted by Gasteiger charge is -2.06. The van der Waals surface area contributed by atoms with Crippen LogP contribution in [0.15, 0.2) is 28.8 Å². The molecule has 2 rings (SSSR count). The number of Topliss-reactive ketones (excluding diaryl/α,β-unsaturated/α-hetero) is 1. The number of nitrogens with zero attached hydrogens (tertiary/aromatic N) is 1. The number of carbonyl (C=O) groups excluding carboxylic acids is 3. The Bertz CT molecular complexity index is 773. The Morgan fingerprint density at radius 2 is 1.85 bits per heavy atom. The van der Waals surface area contributed by atoms with E-state index < -0.39 is 5.97 Å². The molecule has 0 aliphatic heterocycles. The summed E-state index contributed by atoms with van der Waals surface area (Å²) in [6, 6.07) is 6.46. The first-order valence-electron chi connectivity index (χ1n) is 8.41. The second-order valence-electron chi connectivity index (χ2n) is 5.87. The number of nitrogens with one attached hydrogen (secondary N) is 1. The number of carbonyl (C=O) groups is 3. The zero-order valence-electron chi connectivity index (χ0n) is 15.1. The molecule has 0 unspecified atom stereocenters. The third kappa shape index (κ3) is 5.27. The minimum atomic E-state index is -0.454. The molecule has 1 aromatic heterocycles. The van der Waals surface area contributed by atoms with Crippen molar-refractivity contribution >= 4 is 23.3 Å². The minimum absolute atomic E-state index is 0.101. The van der Waals surface area contributed by atoms with Crippen molar-refractivity contribution in [1.29, 1.82) is 0 Å². The van der Waals surface area contributed by atoms with Gasteiger partial charge in [-0.05, 0) is 44.5 Å². The smallest absolute Gasteiger partial charge is 0.306 e. The molecule has 0 atom stereocenters. The summed E-state index contributed by atoms with van der Waals surface area (Å²) in [5.74, 6) is -0.174. The molecule has 1 heterocycles. The number of ketones is 1. The van der Waals surface area contributed by atoms with Gasteiger partial charge >= 0.3 is 5.97 Å². The standard InChI is InChI=1S/C19H22N2O5/c1-4-18(23)20-15-7-5-14(6-8-15)17(22)11-25-19(24)10-9-16-12(2)21-26-13(16)3/h5-8H,4,9-11H2,1-3H3,(H,20,23). The Balaban J connectivity index is 1.80. The Morgan fingerprint density at radius 1 is 1.15 bits per heavy atom. The topological polar surface area (TPSA) is 98.5 Å². The van der Waals surface area contributed by atoms with Crippen LogP contribution in [0.4, 0.5) is 5.69 Å². The summed E-state index contributed by atoms with van der Waals surface area (Å²) in [5.41, 5.74) is 2.67. The van der Waals surface area contributed by atoms with Crippen LogP contribution in [0, 0.1) is 13.8 Å². The third-order valence-corrected chi connectivity index (χ3v) is 3.94. The summed E-state index contributed by atoms with van der Waals surface area (Å²) >= 11 is 0. The Morgan fingerprint density at radius 3 is 2.42 bits per heavy atom. The fourth-order valence-electron chi connectivity index (χ4n) is 2.38. The summed E-state index contributed by atoms with van der Waals surface area (Å²) in [7, 11) is 0. The van der Waals surface area contributed by atoms with Gasteiger partial charge in [0.1, 0.15) is 5.76 Å². The van der Waals surface area contributed by atoms with Gasteiger partial charge in [0.25, 0.3) is 0 Å². The number of aryl methyl sites for hydroxylation is 2. The van der Waals surface area contributed by atoms with Crippen LogP contribution in [0.2, 0.25) is 0 Å². The molecular weight excluding hydrogens is 336 g/mol. The quantitative estimate of drug-likeness (QED) is 0.575. The number of aromatic nitrogens is 1. The molecule has 0 saturated heterocycles. The highest BCUT2D eigenvalue weighted by molar-refractivity contribution is 5.98. The van der Waals surface area contributed by atoms with Crippen molar-refractivity contribution in [2.45, 2.75) is 40.0 Å². The molecule has 26 heavy (non-hydrogen) atoms. The van der Waals surface area contributed by atoms with Crippen LogP contribution in [-0.4, -0.2) is 29.4 Å². The van der Waals surface area contributed by atoms with Gasteiger partial charge in [0.15, 0.2) is 12.4 Å². The first-order chi connectivity index (χ1) is 12.4. The largest absolute Gasteiger partial charge is 0.457 e. The lowest BCUT2D eigenvalue weighted by atomic mass is 10.1.